The van der Waals surface area contributed by atoms with Crippen molar-refractivity contribution < 1.29 is 4.79 Å². The molecule has 0 bridgehead atoms. The van der Waals surface area contributed by atoms with Crippen LogP contribution in [0.15, 0.2) is 28.7 Å². The largest absolute Gasteiger partial charge is 0.350 e. The molecule has 8 heteroatoms. The lowest BCUT2D eigenvalue weighted by Crippen LogP contribution is -2.30. The Bertz CT molecular complexity index is 828. The van der Waals surface area contributed by atoms with Crippen LogP contribution in [0.25, 0.3) is 5.65 Å². The molecule has 0 fully saturated rings. The van der Waals surface area contributed by atoms with Gasteiger partial charge in [0.25, 0.3) is 0 Å². The molecule has 0 aliphatic rings. The van der Waals surface area contributed by atoms with E-state index in [0.29, 0.717) is 11.7 Å². The monoisotopic (exact) mass is 347 g/mol. The smallest absolute Gasteiger partial charge is 0.233 e. The number of hydrogen-bond donors (Lipinski definition) is 1. The first-order valence-electron chi connectivity index (χ1n) is 7.20. The average molecular weight is 347 g/mol. The molecule has 0 saturated carbocycles. The number of aromatic nitrogens is 4. The molecule has 120 valence electrons. The molecule has 0 aliphatic carbocycles. The van der Waals surface area contributed by atoms with Gasteiger partial charge in [-0.15, -0.1) is 21.5 Å². The predicted molar refractivity (Wildman–Crippen MR) is 91.7 cm³/mol. The zero-order valence-electron chi connectivity index (χ0n) is 13.1. The minimum atomic E-state index is -0.261. The molecule has 0 aromatic carbocycles. The molecule has 1 unspecified atom stereocenters. The van der Waals surface area contributed by atoms with E-state index in [9.17, 15) is 4.79 Å². The van der Waals surface area contributed by atoms with Crippen molar-refractivity contribution in [1.29, 1.82) is 0 Å². The molecule has 3 heterocycles. The van der Waals surface area contributed by atoms with Gasteiger partial charge in [0.15, 0.2) is 10.8 Å². The van der Waals surface area contributed by atoms with Crippen LogP contribution >= 0.6 is 23.1 Å². The van der Waals surface area contributed by atoms with Crippen LogP contribution < -0.4 is 5.32 Å². The second kappa shape index (κ2) is 6.67. The fourth-order valence-corrected chi connectivity index (χ4v) is 3.79. The van der Waals surface area contributed by atoms with Crippen molar-refractivity contribution in [3.05, 3.63) is 40.0 Å². The lowest BCUT2D eigenvalue weighted by molar-refractivity contribution is -0.120. The summed E-state index contributed by atoms with van der Waals surface area (Å²) in [6.45, 7) is 6.26. The second-order valence-electron chi connectivity index (χ2n) is 5.18. The molecular formula is C15H17N5OS2. The number of nitrogens with zero attached hydrogens (tertiary/aromatic N) is 4. The number of hydrogen-bond acceptors (Lipinski definition) is 6. The van der Waals surface area contributed by atoms with Gasteiger partial charge in [0.05, 0.1) is 11.8 Å². The number of fused-ring (bicyclic) bond motifs is 1. The number of nitrogens with one attached hydrogen (secondary N) is 1. The van der Waals surface area contributed by atoms with Crippen molar-refractivity contribution in [2.45, 2.75) is 37.7 Å². The van der Waals surface area contributed by atoms with Gasteiger partial charge in [-0.05, 0) is 32.2 Å². The van der Waals surface area contributed by atoms with Crippen molar-refractivity contribution in [3.8, 4) is 0 Å². The third-order valence-corrected chi connectivity index (χ3v) is 5.25. The molecular weight excluding hydrogens is 330 g/mol. The molecule has 1 atom stereocenters. The molecule has 3 aromatic rings. The third-order valence-electron chi connectivity index (χ3n) is 3.33. The molecule has 0 saturated heterocycles. The second-order valence-corrected chi connectivity index (χ2v) is 7.52. The van der Waals surface area contributed by atoms with Crippen LogP contribution in [0.2, 0.25) is 0 Å². The quantitative estimate of drug-likeness (QED) is 0.718. The Kier molecular flexibility index (Phi) is 4.63. The highest BCUT2D eigenvalue weighted by molar-refractivity contribution is 8.00. The van der Waals surface area contributed by atoms with E-state index in [1.165, 1.54) is 11.8 Å². The lowest BCUT2D eigenvalue weighted by atomic mass is 10.4. The Hall–Kier alpha value is -1.93. The normalized spacial score (nSPS) is 12.5. The zero-order valence-corrected chi connectivity index (χ0v) is 14.7. The molecule has 0 aliphatic heterocycles. The van der Waals surface area contributed by atoms with Gasteiger partial charge in [-0.25, -0.2) is 4.98 Å². The van der Waals surface area contributed by atoms with E-state index in [-0.39, 0.29) is 11.2 Å². The minimum Gasteiger partial charge on any atom is -0.350 e. The van der Waals surface area contributed by atoms with Crippen molar-refractivity contribution in [3.63, 3.8) is 0 Å². The molecule has 3 rings (SSSR count). The summed E-state index contributed by atoms with van der Waals surface area (Å²) < 4.78 is 1.88. The van der Waals surface area contributed by atoms with Crippen LogP contribution in [0.3, 0.4) is 0 Å². The van der Waals surface area contributed by atoms with E-state index in [2.05, 4.69) is 20.5 Å². The van der Waals surface area contributed by atoms with E-state index in [1.807, 2.05) is 48.8 Å². The summed E-state index contributed by atoms with van der Waals surface area (Å²) in [6, 6.07) is 5.86. The van der Waals surface area contributed by atoms with Gasteiger partial charge in [-0.3, -0.25) is 9.20 Å². The first-order chi connectivity index (χ1) is 11.0. The highest BCUT2D eigenvalue weighted by atomic mass is 32.2. The lowest BCUT2D eigenvalue weighted by Gasteiger charge is -2.11. The maximum absolute atomic E-state index is 12.2. The summed E-state index contributed by atoms with van der Waals surface area (Å²) in [7, 11) is 0. The van der Waals surface area contributed by atoms with E-state index < -0.39 is 0 Å². The highest BCUT2D eigenvalue weighted by Crippen LogP contribution is 2.23. The summed E-state index contributed by atoms with van der Waals surface area (Å²) in [5.41, 5.74) is 1.66. The first-order valence-corrected chi connectivity index (χ1v) is 8.96. The van der Waals surface area contributed by atoms with E-state index in [0.717, 1.165) is 22.0 Å². The number of carbonyl (C=O) groups is 1. The van der Waals surface area contributed by atoms with Crippen LogP contribution in [-0.4, -0.2) is 30.7 Å². The Morgan fingerprint density at radius 1 is 1.43 bits per heavy atom. The minimum absolute atomic E-state index is 0.0159. The predicted octanol–water partition coefficient (Wildman–Crippen LogP) is 2.60. The SMILES string of the molecule is Cc1cc2nnc(SC(C)C(=O)NCc3cccs3)n2c(C)n1. The average Bonchev–Trinajstić information content (AvgIpc) is 3.14. The third kappa shape index (κ3) is 3.53. The molecule has 6 nitrogen and oxygen atoms in total. The molecule has 23 heavy (non-hydrogen) atoms. The Morgan fingerprint density at radius 3 is 3.00 bits per heavy atom. The van der Waals surface area contributed by atoms with Gasteiger partial charge in [-0.2, -0.15) is 0 Å². The van der Waals surface area contributed by atoms with Gasteiger partial charge in [0.2, 0.25) is 5.91 Å². The van der Waals surface area contributed by atoms with Crippen molar-refractivity contribution in [2.75, 3.05) is 0 Å². The van der Waals surface area contributed by atoms with Gasteiger partial charge in [0.1, 0.15) is 5.82 Å². The summed E-state index contributed by atoms with van der Waals surface area (Å²) in [6.07, 6.45) is 0. The van der Waals surface area contributed by atoms with Gasteiger partial charge >= 0.3 is 0 Å². The zero-order chi connectivity index (χ0) is 16.4. The van der Waals surface area contributed by atoms with Gasteiger partial charge in [-0.1, -0.05) is 17.8 Å². The maximum atomic E-state index is 12.2. The van der Waals surface area contributed by atoms with E-state index in [4.69, 9.17) is 0 Å². The number of amides is 1. The van der Waals surface area contributed by atoms with Crippen LogP contribution in [0, 0.1) is 13.8 Å². The van der Waals surface area contributed by atoms with Crippen molar-refractivity contribution in [1.82, 2.24) is 24.9 Å². The van der Waals surface area contributed by atoms with Crippen LogP contribution in [0.4, 0.5) is 0 Å². The molecule has 1 amide bonds. The summed E-state index contributed by atoms with van der Waals surface area (Å²) in [4.78, 5) is 17.8. The fraction of sp³-hybridized carbons (Fsp3) is 0.333. The summed E-state index contributed by atoms with van der Waals surface area (Å²) in [5.74, 6) is 0.802. The van der Waals surface area contributed by atoms with Crippen LogP contribution in [-0.2, 0) is 11.3 Å². The number of thioether (sulfide) groups is 1. The number of aryl methyl sites for hydroxylation is 2. The number of thiophene rings is 1. The number of carbonyl (C=O) groups excluding carboxylic acids is 1. The van der Waals surface area contributed by atoms with Crippen LogP contribution in [0.5, 0.6) is 0 Å². The van der Waals surface area contributed by atoms with Crippen molar-refractivity contribution >= 4 is 34.7 Å². The van der Waals surface area contributed by atoms with Crippen LogP contribution in [0.1, 0.15) is 23.3 Å². The number of rotatable bonds is 5. The van der Waals surface area contributed by atoms with E-state index >= 15 is 0 Å². The first kappa shape index (κ1) is 15.9. The Labute approximate surface area is 142 Å². The molecule has 0 radical (unpaired) electrons. The summed E-state index contributed by atoms with van der Waals surface area (Å²) >= 11 is 3.02. The Balaban J connectivity index is 1.70. The molecule has 3 aromatic heterocycles. The standard InChI is InChI=1S/C15H17N5OS2/c1-9-7-13-18-19-15(20(13)11(3)17-9)23-10(2)14(21)16-8-12-5-4-6-22-12/h4-7,10H,8H2,1-3H3,(H,16,21). The summed E-state index contributed by atoms with van der Waals surface area (Å²) in [5, 5.41) is 13.7. The maximum Gasteiger partial charge on any atom is 0.233 e. The van der Waals surface area contributed by atoms with Crippen molar-refractivity contribution in [2.24, 2.45) is 0 Å². The van der Waals surface area contributed by atoms with E-state index in [1.54, 1.807) is 11.3 Å². The highest BCUT2D eigenvalue weighted by Gasteiger charge is 2.19. The van der Waals surface area contributed by atoms with Gasteiger partial charge < -0.3 is 5.32 Å². The molecule has 1 N–H and O–H groups in total. The molecule has 0 spiro atoms. The van der Waals surface area contributed by atoms with Gasteiger partial charge in [0, 0.05) is 16.6 Å². The topological polar surface area (TPSA) is 72.2 Å². The Morgan fingerprint density at radius 2 is 2.26 bits per heavy atom. The fourth-order valence-electron chi connectivity index (χ4n) is 2.22.